The van der Waals surface area contributed by atoms with Gasteiger partial charge in [0.1, 0.15) is 0 Å². The van der Waals surface area contributed by atoms with Crippen molar-refractivity contribution in [3.8, 4) is 11.5 Å². The number of ether oxygens (including phenoxy) is 3. The molecule has 0 spiro atoms. The maximum Gasteiger partial charge on any atom is 0.363 e. The van der Waals surface area contributed by atoms with E-state index in [4.69, 9.17) is 14.2 Å². The molecule has 0 aromatic heterocycles. The molecule has 1 amide bonds. The molecule has 7 nitrogen and oxygen atoms in total. The number of cyclic esters (lactones) is 1. The van der Waals surface area contributed by atoms with Crippen LogP contribution in [0.1, 0.15) is 31.9 Å². The fourth-order valence-electron chi connectivity index (χ4n) is 2.74. The second-order valence-electron chi connectivity index (χ2n) is 6.17. The largest absolute Gasteiger partial charge is 0.490 e. The van der Waals surface area contributed by atoms with Gasteiger partial charge in [-0.3, -0.25) is 4.79 Å². The second-order valence-corrected chi connectivity index (χ2v) is 6.17. The molecule has 0 bridgehead atoms. The summed E-state index contributed by atoms with van der Waals surface area (Å²) >= 11 is 0. The highest BCUT2D eigenvalue weighted by Crippen LogP contribution is 2.30. The van der Waals surface area contributed by atoms with Crippen molar-refractivity contribution in [1.29, 1.82) is 0 Å². The van der Waals surface area contributed by atoms with Crippen molar-refractivity contribution in [2.45, 2.75) is 20.8 Å². The third-order valence-corrected chi connectivity index (χ3v) is 3.95. The maximum atomic E-state index is 12.2. The summed E-state index contributed by atoms with van der Waals surface area (Å²) < 4.78 is 16.5. The van der Waals surface area contributed by atoms with Crippen LogP contribution < -0.4 is 14.8 Å². The van der Waals surface area contributed by atoms with E-state index >= 15 is 0 Å². The Morgan fingerprint density at radius 3 is 2.41 bits per heavy atom. The first kappa shape index (κ1) is 20.1. The number of benzene rings is 2. The lowest BCUT2D eigenvalue weighted by molar-refractivity contribution is -0.129. The number of hydrogen-bond acceptors (Lipinski definition) is 6. The number of nitrogens with one attached hydrogen (secondary N) is 1. The standard InChI is InChI=1S/C22H22N2O5/c1-4-27-19-11-8-16(13-20(19)28-5-2)21-24-18(22(26)29-21)12-15-6-9-17(10-7-15)23-14(3)25/h6-13H,4-5H2,1-3H3,(H,23,25)/b18-12-. The summed E-state index contributed by atoms with van der Waals surface area (Å²) in [4.78, 5) is 27.7. The van der Waals surface area contributed by atoms with E-state index in [0.29, 0.717) is 36.0 Å². The fraction of sp³-hybridized carbons (Fsp3) is 0.227. The lowest BCUT2D eigenvalue weighted by atomic mass is 10.1. The van der Waals surface area contributed by atoms with Crippen molar-refractivity contribution in [3.63, 3.8) is 0 Å². The van der Waals surface area contributed by atoms with Gasteiger partial charge in [0.15, 0.2) is 17.2 Å². The van der Waals surface area contributed by atoms with E-state index in [0.717, 1.165) is 5.56 Å². The van der Waals surface area contributed by atoms with Crippen molar-refractivity contribution < 1.29 is 23.8 Å². The van der Waals surface area contributed by atoms with Gasteiger partial charge in [0.05, 0.1) is 13.2 Å². The molecule has 2 aromatic rings. The summed E-state index contributed by atoms with van der Waals surface area (Å²) in [7, 11) is 0. The lowest BCUT2D eigenvalue weighted by Gasteiger charge is -2.11. The molecule has 7 heteroatoms. The third-order valence-electron chi connectivity index (χ3n) is 3.95. The summed E-state index contributed by atoms with van der Waals surface area (Å²) in [6.45, 7) is 6.22. The van der Waals surface area contributed by atoms with Gasteiger partial charge >= 0.3 is 5.97 Å². The van der Waals surface area contributed by atoms with Gasteiger partial charge in [-0.15, -0.1) is 0 Å². The van der Waals surface area contributed by atoms with Gasteiger partial charge in [-0.2, -0.15) is 0 Å². The zero-order chi connectivity index (χ0) is 20.8. The van der Waals surface area contributed by atoms with E-state index in [1.165, 1.54) is 6.92 Å². The molecule has 29 heavy (non-hydrogen) atoms. The number of rotatable bonds is 7. The zero-order valence-electron chi connectivity index (χ0n) is 16.5. The van der Waals surface area contributed by atoms with Crippen molar-refractivity contribution >= 4 is 29.5 Å². The Morgan fingerprint density at radius 2 is 1.76 bits per heavy atom. The molecule has 1 N–H and O–H groups in total. The molecular weight excluding hydrogens is 372 g/mol. The average Bonchev–Trinajstić information content (AvgIpc) is 3.05. The lowest BCUT2D eigenvalue weighted by Crippen LogP contribution is -2.06. The molecule has 0 saturated heterocycles. The number of carbonyl (C=O) groups is 2. The first-order valence-corrected chi connectivity index (χ1v) is 9.30. The molecule has 0 saturated carbocycles. The van der Waals surface area contributed by atoms with Crippen LogP contribution in [0.2, 0.25) is 0 Å². The minimum absolute atomic E-state index is 0.147. The molecule has 0 atom stereocenters. The predicted octanol–water partition coefficient (Wildman–Crippen LogP) is 3.79. The van der Waals surface area contributed by atoms with Crippen LogP contribution in [0.15, 0.2) is 53.2 Å². The van der Waals surface area contributed by atoms with Gasteiger partial charge in [-0.25, -0.2) is 9.79 Å². The maximum absolute atomic E-state index is 12.2. The number of nitrogens with zero attached hydrogens (tertiary/aromatic N) is 1. The predicted molar refractivity (Wildman–Crippen MR) is 110 cm³/mol. The topological polar surface area (TPSA) is 86.2 Å². The van der Waals surface area contributed by atoms with Crippen molar-refractivity contribution in [3.05, 3.63) is 59.3 Å². The molecule has 1 heterocycles. The Bertz CT molecular complexity index is 977. The molecule has 3 rings (SSSR count). The fourth-order valence-corrected chi connectivity index (χ4v) is 2.74. The Balaban J connectivity index is 1.84. The Kier molecular flexibility index (Phi) is 6.29. The molecular formula is C22H22N2O5. The average molecular weight is 394 g/mol. The number of esters is 1. The minimum atomic E-state index is -0.530. The Hall–Kier alpha value is -3.61. The summed E-state index contributed by atoms with van der Waals surface area (Å²) in [6.07, 6.45) is 1.63. The van der Waals surface area contributed by atoms with Crippen LogP contribution in [-0.4, -0.2) is 31.0 Å². The van der Waals surface area contributed by atoms with Gasteiger partial charge in [-0.1, -0.05) is 12.1 Å². The molecule has 2 aromatic carbocycles. The highest BCUT2D eigenvalue weighted by Gasteiger charge is 2.25. The first-order valence-electron chi connectivity index (χ1n) is 9.30. The Morgan fingerprint density at radius 1 is 1.07 bits per heavy atom. The van der Waals surface area contributed by atoms with E-state index in [-0.39, 0.29) is 17.5 Å². The quantitative estimate of drug-likeness (QED) is 0.570. The summed E-state index contributed by atoms with van der Waals surface area (Å²) in [6, 6.07) is 12.3. The van der Waals surface area contributed by atoms with Crippen LogP contribution in [0.3, 0.4) is 0 Å². The third kappa shape index (κ3) is 5.01. The van der Waals surface area contributed by atoms with Crippen molar-refractivity contribution in [2.24, 2.45) is 4.99 Å². The number of carbonyl (C=O) groups excluding carboxylic acids is 2. The minimum Gasteiger partial charge on any atom is -0.490 e. The van der Waals surface area contributed by atoms with E-state index in [1.807, 2.05) is 13.8 Å². The molecule has 0 fully saturated rings. The van der Waals surface area contributed by atoms with Gasteiger partial charge < -0.3 is 19.5 Å². The number of hydrogen-bond donors (Lipinski definition) is 1. The summed E-state index contributed by atoms with van der Waals surface area (Å²) in [5, 5.41) is 2.69. The van der Waals surface area contributed by atoms with Crippen LogP contribution in [0.4, 0.5) is 5.69 Å². The second kappa shape index (κ2) is 9.05. The molecule has 0 radical (unpaired) electrons. The van der Waals surface area contributed by atoms with Crippen molar-refractivity contribution in [1.82, 2.24) is 0 Å². The summed E-state index contributed by atoms with van der Waals surface area (Å²) in [5.41, 5.74) is 2.25. The van der Waals surface area contributed by atoms with Crippen LogP contribution in [0.5, 0.6) is 11.5 Å². The zero-order valence-corrected chi connectivity index (χ0v) is 16.5. The number of aliphatic imine (C=N–C) groups is 1. The SMILES string of the molecule is CCOc1ccc(C2=N/C(=C\c3ccc(NC(C)=O)cc3)C(=O)O2)cc1OCC. The van der Waals surface area contributed by atoms with Gasteiger partial charge in [0.2, 0.25) is 11.8 Å². The van der Waals surface area contributed by atoms with Gasteiger partial charge in [0, 0.05) is 18.2 Å². The normalized spacial score (nSPS) is 14.4. The van der Waals surface area contributed by atoms with Gasteiger partial charge in [-0.05, 0) is 55.8 Å². The van der Waals surface area contributed by atoms with Crippen LogP contribution in [0, 0.1) is 0 Å². The monoisotopic (exact) mass is 394 g/mol. The molecule has 1 aliphatic heterocycles. The van der Waals surface area contributed by atoms with Gasteiger partial charge in [0.25, 0.3) is 0 Å². The Labute approximate surface area is 169 Å². The highest BCUT2D eigenvalue weighted by atomic mass is 16.6. The molecule has 150 valence electrons. The smallest absolute Gasteiger partial charge is 0.363 e. The van der Waals surface area contributed by atoms with E-state index in [2.05, 4.69) is 10.3 Å². The van der Waals surface area contributed by atoms with Crippen molar-refractivity contribution in [2.75, 3.05) is 18.5 Å². The van der Waals surface area contributed by atoms with E-state index < -0.39 is 5.97 Å². The first-order chi connectivity index (χ1) is 14.0. The number of amides is 1. The van der Waals surface area contributed by atoms with Crippen LogP contribution >= 0.6 is 0 Å². The van der Waals surface area contributed by atoms with Crippen LogP contribution in [-0.2, 0) is 14.3 Å². The molecule has 0 unspecified atom stereocenters. The van der Waals surface area contributed by atoms with Crippen LogP contribution in [0.25, 0.3) is 6.08 Å². The molecule has 0 aliphatic carbocycles. The van der Waals surface area contributed by atoms with E-state index in [9.17, 15) is 9.59 Å². The number of anilines is 1. The summed E-state index contributed by atoms with van der Waals surface area (Å²) in [5.74, 6) is 0.721. The molecule has 1 aliphatic rings. The highest BCUT2D eigenvalue weighted by molar-refractivity contribution is 6.13. The van der Waals surface area contributed by atoms with E-state index in [1.54, 1.807) is 48.5 Å².